The Bertz CT molecular complexity index is 727. The second-order valence-corrected chi connectivity index (χ2v) is 6.17. The Kier molecular flexibility index (Phi) is 2.71. The van der Waals surface area contributed by atoms with Gasteiger partial charge in [0.1, 0.15) is 11.5 Å². The van der Waals surface area contributed by atoms with Crippen LogP contribution in [0.25, 0.3) is 5.57 Å². The van der Waals surface area contributed by atoms with Crippen LogP contribution in [0.3, 0.4) is 0 Å². The third-order valence-electron chi connectivity index (χ3n) is 4.62. The number of aromatic nitrogens is 1. The lowest BCUT2D eigenvalue weighted by Crippen LogP contribution is -2.59. The zero-order chi connectivity index (χ0) is 15.6. The Balaban J connectivity index is 1.97. The zero-order valence-corrected chi connectivity index (χ0v) is 12.7. The molecule has 1 spiro atoms. The first-order valence-corrected chi connectivity index (χ1v) is 7.32. The van der Waals surface area contributed by atoms with Crippen molar-refractivity contribution in [3.63, 3.8) is 0 Å². The first-order chi connectivity index (χ1) is 10.4. The van der Waals surface area contributed by atoms with Crippen molar-refractivity contribution in [2.24, 2.45) is 0 Å². The van der Waals surface area contributed by atoms with Gasteiger partial charge in [-0.05, 0) is 20.4 Å². The Hall–Kier alpha value is -1.86. The minimum atomic E-state index is -1.10. The number of carbonyl (C=O) groups excluding carboxylic acids is 2. The van der Waals surface area contributed by atoms with E-state index in [1.54, 1.807) is 13.0 Å². The number of carbonyl (C=O) groups is 2. The third kappa shape index (κ3) is 1.58. The van der Waals surface area contributed by atoms with Gasteiger partial charge in [-0.15, -0.1) is 0 Å². The van der Waals surface area contributed by atoms with Crippen molar-refractivity contribution in [2.45, 2.75) is 37.6 Å². The van der Waals surface area contributed by atoms with Gasteiger partial charge < -0.3 is 14.0 Å². The molecule has 116 valence electrons. The highest BCUT2D eigenvalue weighted by molar-refractivity contribution is 6.35. The van der Waals surface area contributed by atoms with E-state index in [0.717, 1.165) is 0 Å². The van der Waals surface area contributed by atoms with Crippen LogP contribution in [-0.4, -0.2) is 46.9 Å². The molecule has 1 saturated heterocycles. The normalized spacial score (nSPS) is 34.5. The highest BCUT2D eigenvalue weighted by Gasteiger charge is 2.62. The second kappa shape index (κ2) is 4.33. The number of rotatable bonds is 1. The Morgan fingerprint density at radius 2 is 2.18 bits per heavy atom. The van der Waals surface area contributed by atoms with Crippen molar-refractivity contribution in [1.29, 1.82) is 0 Å². The quantitative estimate of drug-likeness (QED) is 0.567. The summed E-state index contributed by atoms with van der Waals surface area (Å²) >= 11 is 6.51. The van der Waals surface area contributed by atoms with Crippen LogP contribution in [0, 0.1) is 6.92 Å². The van der Waals surface area contributed by atoms with E-state index in [1.165, 1.54) is 0 Å². The standard InChI is InChI=1S/C14H13ClN2O5/c1-6-5-7(16-22-6)9-10(15)11-8-3-4-14(9,17(8)2)21-13(19)12(18)20-11/h5,8,11H,3-4H2,1-2H3. The average molecular weight is 325 g/mol. The molecule has 1 fully saturated rings. The summed E-state index contributed by atoms with van der Waals surface area (Å²) in [6.07, 6.45) is 0.512. The zero-order valence-electron chi connectivity index (χ0n) is 12.0. The minimum absolute atomic E-state index is 0.124. The van der Waals surface area contributed by atoms with E-state index >= 15 is 0 Å². The van der Waals surface area contributed by atoms with Crippen molar-refractivity contribution in [2.75, 3.05) is 7.05 Å². The maximum absolute atomic E-state index is 11.9. The topological polar surface area (TPSA) is 81.9 Å². The predicted octanol–water partition coefficient (Wildman–Crippen LogP) is 1.21. The van der Waals surface area contributed by atoms with Gasteiger partial charge in [0.25, 0.3) is 0 Å². The van der Waals surface area contributed by atoms with Gasteiger partial charge >= 0.3 is 11.9 Å². The number of likely N-dealkylation sites (N-methyl/N-ethyl adjacent to an activating group) is 1. The van der Waals surface area contributed by atoms with E-state index in [0.29, 0.717) is 34.9 Å². The molecule has 3 aliphatic heterocycles. The molecule has 4 heterocycles. The van der Waals surface area contributed by atoms with Gasteiger partial charge in [0.2, 0.25) is 0 Å². The van der Waals surface area contributed by atoms with Gasteiger partial charge in [-0.2, -0.15) is 0 Å². The number of hydrogen-bond donors (Lipinski definition) is 0. The van der Waals surface area contributed by atoms with Gasteiger partial charge in [-0.1, -0.05) is 16.8 Å². The molecule has 1 aromatic rings. The number of fused-ring (bicyclic) bond motifs is 3. The Morgan fingerprint density at radius 3 is 2.86 bits per heavy atom. The Labute approximate surface area is 130 Å². The van der Waals surface area contributed by atoms with Gasteiger partial charge in [0.05, 0.1) is 16.6 Å². The van der Waals surface area contributed by atoms with E-state index in [4.69, 9.17) is 25.6 Å². The SMILES string of the molecule is Cc1cc(C2=C(Cl)C3OC(=O)C(=O)OC24CCC3N4C)no1. The fourth-order valence-electron chi connectivity index (χ4n) is 3.60. The first kappa shape index (κ1) is 13.8. The first-order valence-electron chi connectivity index (χ1n) is 6.95. The van der Waals surface area contributed by atoms with Crippen LogP contribution in [0.5, 0.6) is 0 Å². The lowest BCUT2D eigenvalue weighted by Gasteiger charge is -2.46. The molecule has 8 heteroatoms. The number of nitrogens with zero attached hydrogens (tertiary/aromatic N) is 2. The van der Waals surface area contributed by atoms with Crippen molar-refractivity contribution in [3.05, 3.63) is 22.6 Å². The molecule has 0 aliphatic carbocycles. The molecule has 1 aromatic heterocycles. The Morgan fingerprint density at radius 1 is 1.41 bits per heavy atom. The van der Waals surface area contributed by atoms with Gasteiger partial charge in [-0.3, -0.25) is 4.90 Å². The number of esters is 2. The van der Waals surface area contributed by atoms with Crippen molar-refractivity contribution < 1.29 is 23.6 Å². The summed E-state index contributed by atoms with van der Waals surface area (Å²) < 4.78 is 15.9. The number of halogens is 1. The summed E-state index contributed by atoms with van der Waals surface area (Å²) in [4.78, 5) is 25.6. The summed E-state index contributed by atoms with van der Waals surface area (Å²) in [5.41, 5.74) is -0.0727. The summed E-state index contributed by atoms with van der Waals surface area (Å²) in [6.45, 7) is 1.76. The molecule has 0 amide bonds. The van der Waals surface area contributed by atoms with Crippen molar-refractivity contribution in [1.82, 2.24) is 10.1 Å². The van der Waals surface area contributed by atoms with E-state index in [1.807, 2.05) is 11.9 Å². The number of aryl methyl sites for hydroxylation is 1. The van der Waals surface area contributed by atoms with E-state index in [-0.39, 0.29) is 6.04 Å². The van der Waals surface area contributed by atoms with Crippen LogP contribution in [0.15, 0.2) is 15.6 Å². The predicted molar refractivity (Wildman–Crippen MR) is 73.5 cm³/mol. The molecule has 0 aromatic carbocycles. The highest BCUT2D eigenvalue weighted by Crippen LogP contribution is 2.53. The number of hydrogen-bond acceptors (Lipinski definition) is 7. The summed E-state index contributed by atoms with van der Waals surface area (Å²) in [5, 5.41) is 4.34. The molecular weight excluding hydrogens is 312 g/mol. The van der Waals surface area contributed by atoms with Crippen LogP contribution in [0.2, 0.25) is 0 Å². The van der Waals surface area contributed by atoms with Gasteiger partial charge in [-0.25, -0.2) is 9.59 Å². The van der Waals surface area contributed by atoms with Crippen LogP contribution in [-0.2, 0) is 19.1 Å². The van der Waals surface area contributed by atoms with Crippen molar-refractivity contribution >= 4 is 29.1 Å². The molecular formula is C14H13ClN2O5. The number of ether oxygens (including phenoxy) is 2. The van der Waals surface area contributed by atoms with E-state index in [2.05, 4.69) is 5.16 Å². The average Bonchev–Trinajstić information content (AvgIpc) is 2.99. The van der Waals surface area contributed by atoms with Gasteiger partial charge in [0.15, 0.2) is 11.8 Å². The fourth-order valence-corrected chi connectivity index (χ4v) is 4.04. The summed E-state index contributed by atoms with van der Waals surface area (Å²) in [5.74, 6) is -1.41. The molecule has 3 bridgehead atoms. The smallest absolute Gasteiger partial charge is 0.419 e. The molecule has 3 unspecified atom stereocenters. The monoisotopic (exact) mass is 324 g/mol. The second-order valence-electron chi connectivity index (χ2n) is 5.76. The molecule has 0 radical (unpaired) electrons. The van der Waals surface area contributed by atoms with Crippen LogP contribution >= 0.6 is 11.6 Å². The van der Waals surface area contributed by atoms with E-state index in [9.17, 15) is 9.59 Å². The molecule has 0 N–H and O–H groups in total. The third-order valence-corrected chi connectivity index (χ3v) is 5.03. The molecule has 3 atom stereocenters. The van der Waals surface area contributed by atoms with Crippen LogP contribution in [0.1, 0.15) is 24.3 Å². The maximum atomic E-state index is 11.9. The molecule has 22 heavy (non-hydrogen) atoms. The largest absolute Gasteiger partial charge is 0.446 e. The van der Waals surface area contributed by atoms with Crippen molar-refractivity contribution in [3.8, 4) is 0 Å². The molecule has 4 rings (SSSR count). The highest BCUT2D eigenvalue weighted by atomic mass is 35.5. The van der Waals surface area contributed by atoms with Crippen LogP contribution < -0.4 is 0 Å². The molecule has 3 aliphatic rings. The summed E-state index contributed by atoms with van der Waals surface area (Å²) in [7, 11) is 1.83. The van der Waals surface area contributed by atoms with Gasteiger partial charge in [0, 0.05) is 12.5 Å². The van der Waals surface area contributed by atoms with Crippen LogP contribution in [0.4, 0.5) is 0 Å². The molecule has 7 nitrogen and oxygen atoms in total. The maximum Gasteiger partial charge on any atom is 0.419 e. The lowest BCUT2D eigenvalue weighted by molar-refractivity contribution is -0.195. The molecule has 0 saturated carbocycles. The summed E-state index contributed by atoms with van der Waals surface area (Å²) in [6, 6.07) is 1.60. The van der Waals surface area contributed by atoms with E-state index < -0.39 is 23.8 Å². The fraction of sp³-hybridized carbons (Fsp3) is 0.500. The minimum Gasteiger partial charge on any atom is -0.446 e. The lowest BCUT2D eigenvalue weighted by atomic mass is 9.92.